The molecule has 0 spiro atoms. The second kappa shape index (κ2) is 9.37. The highest BCUT2D eigenvalue weighted by molar-refractivity contribution is 5.85. The largest absolute Gasteiger partial charge is 0.480 e. The monoisotopic (exact) mass is 345 g/mol. The van der Waals surface area contributed by atoms with Crippen LogP contribution in [0, 0.1) is 0 Å². The van der Waals surface area contributed by atoms with Crippen LogP contribution in [-0.2, 0) is 20.9 Å². The van der Waals surface area contributed by atoms with Crippen LogP contribution in [0.5, 0.6) is 0 Å². The first-order valence-corrected chi connectivity index (χ1v) is 7.07. The fourth-order valence-corrected chi connectivity index (χ4v) is 1.71. The average molecular weight is 346 g/mol. The zero-order valence-corrected chi connectivity index (χ0v) is 14.6. The molecule has 0 radical (unpaired) electrons. The van der Waals surface area contributed by atoms with Crippen molar-refractivity contribution >= 4 is 24.5 Å². The topological polar surface area (TPSA) is 84.9 Å². The summed E-state index contributed by atoms with van der Waals surface area (Å²) in [5.41, 5.74) is 0.233. The Labute approximate surface area is 142 Å². The van der Waals surface area contributed by atoms with E-state index >= 15 is 0 Å². The van der Waals surface area contributed by atoms with E-state index in [1.54, 1.807) is 27.7 Å². The molecule has 130 valence electrons. The highest BCUT2D eigenvalue weighted by Gasteiger charge is 2.29. The van der Waals surface area contributed by atoms with Crippen molar-refractivity contribution in [3.8, 4) is 0 Å². The number of carboxylic acids is 1. The number of amides is 1. The van der Waals surface area contributed by atoms with Gasteiger partial charge in [-0.05, 0) is 33.3 Å². The van der Waals surface area contributed by atoms with Crippen molar-refractivity contribution in [2.45, 2.75) is 52.0 Å². The van der Waals surface area contributed by atoms with Gasteiger partial charge in [-0.15, -0.1) is 12.4 Å². The lowest BCUT2D eigenvalue weighted by Crippen LogP contribution is -2.50. The van der Waals surface area contributed by atoms with Crippen LogP contribution in [0.4, 0.5) is 4.79 Å². The maximum Gasteiger partial charge on any atom is 0.408 e. The number of alkyl carbamates (subject to hydrolysis) is 1. The van der Waals surface area contributed by atoms with E-state index in [0.717, 1.165) is 5.56 Å². The van der Waals surface area contributed by atoms with Crippen molar-refractivity contribution in [3.05, 3.63) is 35.9 Å². The van der Waals surface area contributed by atoms with Crippen molar-refractivity contribution in [1.29, 1.82) is 0 Å². The van der Waals surface area contributed by atoms with Gasteiger partial charge in [0, 0.05) is 0 Å². The molecule has 1 aromatic rings. The van der Waals surface area contributed by atoms with Crippen LogP contribution in [0.25, 0.3) is 0 Å². The van der Waals surface area contributed by atoms with Crippen LogP contribution < -0.4 is 5.32 Å². The lowest BCUT2D eigenvalue weighted by atomic mass is 10.1. The Kier molecular flexibility index (Phi) is 8.64. The van der Waals surface area contributed by atoms with Crippen molar-refractivity contribution in [2.24, 2.45) is 0 Å². The van der Waals surface area contributed by atoms with Gasteiger partial charge in [-0.3, -0.25) is 0 Å². The molecule has 2 N–H and O–H groups in total. The second-order valence-corrected chi connectivity index (χ2v) is 5.96. The number of halogens is 1. The fraction of sp³-hybridized carbons (Fsp3) is 0.500. The smallest absolute Gasteiger partial charge is 0.408 e. The molecule has 0 aliphatic rings. The van der Waals surface area contributed by atoms with E-state index in [-0.39, 0.29) is 19.0 Å². The number of carbonyl (C=O) groups excluding carboxylic acids is 1. The van der Waals surface area contributed by atoms with Crippen molar-refractivity contribution < 1.29 is 24.2 Å². The fourth-order valence-electron chi connectivity index (χ4n) is 1.71. The van der Waals surface area contributed by atoms with Crippen LogP contribution >= 0.6 is 12.4 Å². The van der Waals surface area contributed by atoms with E-state index in [1.165, 1.54) is 0 Å². The van der Waals surface area contributed by atoms with Gasteiger partial charge in [0.15, 0.2) is 6.04 Å². The first-order valence-electron chi connectivity index (χ1n) is 7.07. The molecule has 2 atom stereocenters. The normalized spacial score (nSPS) is 13.4. The van der Waals surface area contributed by atoms with Gasteiger partial charge in [-0.2, -0.15) is 0 Å². The summed E-state index contributed by atoms with van der Waals surface area (Å²) in [4.78, 5) is 23.0. The van der Waals surface area contributed by atoms with Gasteiger partial charge in [0.1, 0.15) is 5.60 Å². The third kappa shape index (κ3) is 8.42. The van der Waals surface area contributed by atoms with Crippen molar-refractivity contribution in [1.82, 2.24) is 5.32 Å². The second-order valence-electron chi connectivity index (χ2n) is 5.96. The summed E-state index contributed by atoms with van der Waals surface area (Å²) in [6.45, 7) is 6.98. The molecule has 1 rings (SSSR count). The Morgan fingerprint density at radius 2 is 1.78 bits per heavy atom. The van der Waals surface area contributed by atoms with Crippen molar-refractivity contribution in [2.75, 3.05) is 0 Å². The Balaban J connectivity index is 0.00000484. The molecular formula is C16H24ClNO5. The number of aliphatic carboxylic acids is 1. The lowest BCUT2D eigenvalue weighted by molar-refractivity contribution is -0.143. The predicted molar refractivity (Wildman–Crippen MR) is 88.7 cm³/mol. The molecule has 2 unspecified atom stereocenters. The number of carbonyl (C=O) groups is 2. The summed E-state index contributed by atoms with van der Waals surface area (Å²) in [5.74, 6) is -1.17. The molecule has 0 saturated heterocycles. The minimum atomic E-state index is -1.18. The minimum Gasteiger partial charge on any atom is -0.480 e. The van der Waals surface area contributed by atoms with Gasteiger partial charge in [0.25, 0.3) is 0 Å². The third-order valence-corrected chi connectivity index (χ3v) is 2.76. The summed E-state index contributed by atoms with van der Waals surface area (Å²) in [6.07, 6.45) is -1.49. The molecule has 0 bridgehead atoms. The molecule has 0 saturated carbocycles. The quantitative estimate of drug-likeness (QED) is 0.827. The molecule has 23 heavy (non-hydrogen) atoms. The molecule has 0 aliphatic carbocycles. The molecule has 1 amide bonds. The van der Waals surface area contributed by atoms with Gasteiger partial charge in [-0.1, -0.05) is 30.3 Å². The summed E-state index contributed by atoms with van der Waals surface area (Å²) in [5, 5.41) is 11.6. The van der Waals surface area contributed by atoms with E-state index in [2.05, 4.69) is 5.32 Å². The Hall–Kier alpha value is -1.79. The van der Waals surface area contributed by atoms with Gasteiger partial charge in [-0.25, -0.2) is 9.59 Å². The maximum atomic E-state index is 11.7. The molecule has 7 heteroatoms. The highest BCUT2D eigenvalue weighted by atomic mass is 35.5. The summed E-state index contributed by atoms with van der Waals surface area (Å²) in [6, 6.07) is 8.21. The zero-order chi connectivity index (χ0) is 16.8. The highest BCUT2D eigenvalue weighted by Crippen LogP contribution is 2.09. The van der Waals surface area contributed by atoms with Crippen LogP contribution in [-0.4, -0.2) is 34.9 Å². The van der Waals surface area contributed by atoms with E-state index in [4.69, 9.17) is 9.47 Å². The van der Waals surface area contributed by atoms with Gasteiger partial charge >= 0.3 is 12.1 Å². The SMILES string of the molecule is CC(OCc1ccccc1)C(NC(=O)OC(C)(C)C)C(=O)O.Cl. The zero-order valence-electron chi connectivity index (χ0n) is 13.7. The lowest BCUT2D eigenvalue weighted by Gasteiger charge is -2.25. The number of hydrogen-bond acceptors (Lipinski definition) is 4. The summed E-state index contributed by atoms with van der Waals surface area (Å²) >= 11 is 0. The van der Waals surface area contributed by atoms with E-state index in [9.17, 15) is 14.7 Å². The number of hydrogen-bond donors (Lipinski definition) is 2. The summed E-state index contributed by atoms with van der Waals surface area (Å²) < 4.78 is 10.6. The van der Waals surface area contributed by atoms with Gasteiger partial charge < -0.3 is 19.9 Å². The van der Waals surface area contributed by atoms with E-state index in [0.29, 0.717) is 0 Å². The molecular weight excluding hydrogens is 322 g/mol. The molecule has 0 fully saturated rings. The number of rotatable bonds is 6. The third-order valence-electron chi connectivity index (χ3n) is 2.76. The molecule has 6 nitrogen and oxygen atoms in total. The number of nitrogens with one attached hydrogen (secondary N) is 1. The number of carboxylic acid groups (broad SMARTS) is 1. The number of ether oxygens (including phenoxy) is 2. The van der Waals surface area contributed by atoms with Crippen LogP contribution in [0.2, 0.25) is 0 Å². The predicted octanol–water partition coefficient (Wildman–Crippen LogP) is 2.99. The molecule has 0 aliphatic heterocycles. The van der Waals surface area contributed by atoms with Gasteiger partial charge in [0.05, 0.1) is 12.7 Å². The van der Waals surface area contributed by atoms with Crippen LogP contribution in [0.3, 0.4) is 0 Å². The summed E-state index contributed by atoms with van der Waals surface area (Å²) in [7, 11) is 0. The standard InChI is InChI=1S/C16H23NO5.ClH/c1-11(21-10-12-8-6-5-7-9-12)13(14(18)19)17-15(20)22-16(2,3)4;/h5-9,11,13H,10H2,1-4H3,(H,17,20)(H,18,19);1H. The van der Waals surface area contributed by atoms with E-state index in [1.807, 2.05) is 30.3 Å². The van der Waals surface area contributed by atoms with Crippen molar-refractivity contribution in [3.63, 3.8) is 0 Å². The molecule has 0 heterocycles. The maximum absolute atomic E-state index is 11.7. The first kappa shape index (κ1) is 21.2. The number of benzene rings is 1. The average Bonchev–Trinajstić information content (AvgIpc) is 2.41. The Morgan fingerprint density at radius 3 is 2.26 bits per heavy atom. The van der Waals surface area contributed by atoms with Crippen LogP contribution in [0.15, 0.2) is 30.3 Å². The minimum absolute atomic E-state index is 0. The molecule has 1 aromatic carbocycles. The Morgan fingerprint density at radius 1 is 1.22 bits per heavy atom. The van der Waals surface area contributed by atoms with E-state index < -0.39 is 29.8 Å². The molecule has 0 aromatic heterocycles. The Bertz CT molecular complexity index is 501. The van der Waals surface area contributed by atoms with Crippen LogP contribution in [0.1, 0.15) is 33.3 Å². The first-order chi connectivity index (χ1) is 10.2. The van der Waals surface area contributed by atoms with Gasteiger partial charge in [0.2, 0.25) is 0 Å².